The molecule has 1 heterocycles. The van der Waals surface area contributed by atoms with Crippen molar-refractivity contribution in [2.75, 3.05) is 18.1 Å². The van der Waals surface area contributed by atoms with Gasteiger partial charge in [-0.25, -0.2) is 4.79 Å². The van der Waals surface area contributed by atoms with Gasteiger partial charge in [0.1, 0.15) is 0 Å². The van der Waals surface area contributed by atoms with Crippen LogP contribution in [0.2, 0.25) is 0 Å². The Bertz CT molecular complexity index is 888. The van der Waals surface area contributed by atoms with Gasteiger partial charge in [-0.15, -0.1) is 0 Å². The molecule has 6 nitrogen and oxygen atoms in total. The topological polar surface area (TPSA) is 79.7 Å². The molecule has 1 N–H and O–H groups in total. The minimum Gasteiger partial charge on any atom is -0.463 e. The second kappa shape index (κ2) is 10.00. The predicted molar refractivity (Wildman–Crippen MR) is 120 cm³/mol. The predicted octanol–water partition coefficient (Wildman–Crippen LogP) is 4.17. The van der Waals surface area contributed by atoms with E-state index in [1.165, 1.54) is 6.08 Å². The molecule has 2 aromatic rings. The molecule has 160 valence electrons. The third-order valence-electron chi connectivity index (χ3n) is 4.11. The minimum atomic E-state index is -1.45. The number of benzene rings is 1. The van der Waals surface area contributed by atoms with Crippen LogP contribution < -0.4 is 4.90 Å². The minimum absolute atomic E-state index is 0.170. The standard InChI is InChI=1S/C23H27BrN2O4/c1-5-30-21(28)14-13-20(27)26(16-22(2,3)4)18-11-9-17(10-12-18)23(24,29)19-8-6-7-15-25-19/h6-15,29H,5,16H2,1-4H3/b14-13-. The lowest BCUT2D eigenvalue weighted by Crippen LogP contribution is -2.37. The Kier molecular flexibility index (Phi) is 7.92. The molecule has 0 saturated carbocycles. The summed E-state index contributed by atoms with van der Waals surface area (Å²) in [4.78, 5) is 30.2. The molecule has 0 fully saturated rings. The van der Waals surface area contributed by atoms with Crippen LogP contribution in [0, 0.1) is 5.41 Å². The van der Waals surface area contributed by atoms with E-state index in [9.17, 15) is 14.7 Å². The van der Waals surface area contributed by atoms with Crippen LogP contribution in [0.4, 0.5) is 5.69 Å². The Morgan fingerprint density at radius 1 is 1.13 bits per heavy atom. The molecule has 1 unspecified atom stereocenters. The third-order valence-corrected chi connectivity index (χ3v) is 4.98. The zero-order valence-corrected chi connectivity index (χ0v) is 19.2. The van der Waals surface area contributed by atoms with Crippen LogP contribution in [0.25, 0.3) is 0 Å². The third kappa shape index (κ3) is 6.50. The van der Waals surface area contributed by atoms with Gasteiger partial charge in [0.05, 0.1) is 12.3 Å². The van der Waals surface area contributed by atoms with Crippen molar-refractivity contribution >= 4 is 33.5 Å². The molecule has 0 saturated heterocycles. The largest absolute Gasteiger partial charge is 0.463 e. The molecule has 0 aliphatic rings. The van der Waals surface area contributed by atoms with Gasteiger partial charge in [-0.2, -0.15) is 0 Å². The molecule has 7 heteroatoms. The second-order valence-corrected chi connectivity index (χ2v) is 9.10. The van der Waals surface area contributed by atoms with Crippen molar-refractivity contribution in [2.45, 2.75) is 32.2 Å². The first-order valence-electron chi connectivity index (χ1n) is 9.64. The zero-order chi connectivity index (χ0) is 22.4. The number of esters is 1. The lowest BCUT2D eigenvalue weighted by molar-refractivity contribution is -0.137. The monoisotopic (exact) mass is 474 g/mol. The summed E-state index contributed by atoms with van der Waals surface area (Å²) in [5.74, 6) is -0.888. The van der Waals surface area contributed by atoms with E-state index in [2.05, 4.69) is 20.9 Å². The number of ether oxygens (including phenoxy) is 1. The highest BCUT2D eigenvalue weighted by atomic mass is 79.9. The number of aliphatic hydroxyl groups is 1. The lowest BCUT2D eigenvalue weighted by atomic mass is 9.95. The molecule has 0 bridgehead atoms. The summed E-state index contributed by atoms with van der Waals surface area (Å²) >= 11 is 3.34. The van der Waals surface area contributed by atoms with Crippen molar-refractivity contribution < 1.29 is 19.4 Å². The van der Waals surface area contributed by atoms with E-state index in [0.717, 1.165) is 6.08 Å². The fourth-order valence-corrected chi connectivity index (χ4v) is 3.26. The molecular formula is C23H27BrN2O4. The highest BCUT2D eigenvalue weighted by Gasteiger charge is 2.30. The lowest BCUT2D eigenvalue weighted by Gasteiger charge is -2.30. The molecular weight excluding hydrogens is 448 g/mol. The molecule has 30 heavy (non-hydrogen) atoms. The van der Waals surface area contributed by atoms with Crippen molar-refractivity contribution in [2.24, 2.45) is 5.41 Å². The van der Waals surface area contributed by atoms with Gasteiger partial charge < -0.3 is 14.7 Å². The quantitative estimate of drug-likeness (QED) is 0.370. The van der Waals surface area contributed by atoms with Crippen molar-refractivity contribution in [3.63, 3.8) is 0 Å². The highest BCUT2D eigenvalue weighted by molar-refractivity contribution is 9.09. The number of anilines is 1. The Morgan fingerprint density at radius 2 is 1.80 bits per heavy atom. The number of carbonyl (C=O) groups excluding carboxylic acids is 2. The molecule has 1 amide bonds. The van der Waals surface area contributed by atoms with E-state index in [1.54, 1.807) is 60.5 Å². The Morgan fingerprint density at radius 3 is 2.33 bits per heavy atom. The summed E-state index contributed by atoms with van der Waals surface area (Å²) < 4.78 is 3.39. The number of aromatic nitrogens is 1. The summed E-state index contributed by atoms with van der Waals surface area (Å²) in [5, 5.41) is 10.9. The smallest absolute Gasteiger partial charge is 0.330 e. The van der Waals surface area contributed by atoms with Crippen molar-refractivity contribution in [1.29, 1.82) is 0 Å². The summed E-state index contributed by atoms with van der Waals surface area (Å²) in [7, 11) is 0. The van der Waals surface area contributed by atoms with Gasteiger partial charge in [0.25, 0.3) is 5.91 Å². The zero-order valence-electron chi connectivity index (χ0n) is 17.6. The number of hydrogen-bond donors (Lipinski definition) is 1. The summed E-state index contributed by atoms with van der Waals surface area (Å²) in [6.07, 6.45) is 3.95. The number of hydrogen-bond acceptors (Lipinski definition) is 5. The van der Waals surface area contributed by atoms with Crippen LogP contribution in [0.3, 0.4) is 0 Å². The van der Waals surface area contributed by atoms with Crippen LogP contribution >= 0.6 is 15.9 Å². The van der Waals surface area contributed by atoms with Gasteiger partial charge in [-0.05, 0) is 52.5 Å². The molecule has 1 aromatic heterocycles. The van der Waals surface area contributed by atoms with Crippen LogP contribution in [-0.2, 0) is 18.8 Å². The summed E-state index contributed by atoms with van der Waals surface area (Å²) in [6.45, 7) is 8.46. The van der Waals surface area contributed by atoms with E-state index in [4.69, 9.17) is 4.74 Å². The Balaban J connectivity index is 2.31. The number of carbonyl (C=O) groups is 2. The molecule has 0 aliphatic carbocycles. The number of amides is 1. The number of rotatable bonds is 7. The summed E-state index contributed by atoms with van der Waals surface area (Å²) in [6, 6.07) is 12.3. The van der Waals surface area contributed by atoms with Gasteiger partial charge in [0, 0.05) is 36.1 Å². The maximum absolute atomic E-state index is 12.8. The molecule has 2 rings (SSSR count). The number of pyridine rings is 1. The van der Waals surface area contributed by atoms with Crippen LogP contribution in [0.5, 0.6) is 0 Å². The van der Waals surface area contributed by atoms with Gasteiger partial charge in [0.2, 0.25) is 0 Å². The van der Waals surface area contributed by atoms with E-state index >= 15 is 0 Å². The van der Waals surface area contributed by atoms with Gasteiger partial charge >= 0.3 is 5.97 Å². The fraction of sp³-hybridized carbons (Fsp3) is 0.348. The van der Waals surface area contributed by atoms with Crippen molar-refractivity contribution in [3.05, 3.63) is 72.1 Å². The van der Waals surface area contributed by atoms with E-state index in [0.29, 0.717) is 23.5 Å². The second-order valence-electron chi connectivity index (χ2n) is 7.95. The SMILES string of the molecule is CCOC(=O)/C=C\C(=O)N(CC(C)(C)C)c1ccc(C(O)(Br)c2ccccn2)cc1. The first-order valence-corrected chi connectivity index (χ1v) is 10.4. The Labute approximate surface area is 185 Å². The van der Waals surface area contributed by atoms with E-state index in [-0.39, 0.29) is 17.9 Å². The van der Waals surface area contributed by atoms with Gasteiger partial charge in [-0.3, -0.25) is 9.78 Å². The maximum atomic E-state index is 12.8. The average molecular weight is 475 g/mol. The summed E-state index contributed by atoms with van der Waals surface area (Å²) in [5.41, 5.74) is 1.51. The van der Waals surface area contributed by atoms with Gasteiger partial charge in [0.15, 0.2) is 4.51 Å². The fourth-order valence-electron chi connectivity index (χ4n) is 2.76. The molecule has 1 aromatic carbocycles. The number of halogens is 1. The maximum Gasteiger partial charge on any atom is 0.330 e. The highest BCUT2D eigenvalue weighted by Crippen LogP contribution is 2.35. The molecule has 0 spiro atoms. The van der Waals surface area contributed by atoms with Crippen molar-refractivity contribution in [1.82, 2.24) is 4.98 Å². The first-order chi connectivity index (χ1) is 14.0. The van der Waals surface area contributed by atoms with Crippen LogP contribution in [0.15, 0.2) is 60.8 Å². The number of nitrogens with zero attached hydrogens (tertiary/aromatic N) is 2. The molecule has 0 aliphatic heterocycles. The van der Waals surface area contributed by atoms with Crippen molar-refractivity contribution in [3.8, 4) is 0 Å². The average Bonchev–Trinajstić information content (AvgIpc) is 2.70. The van der Waals surface area contributed by atoms with Crippen LogP contribution in [0.1, 0.15) is 39.0 Å². The normalized spacial score (nSPS) is 13.7. The van der Waals surface area contributed by atoms with Gasteiger partial charge in [-0.1, -0.05) is 39.0 Å². The molecule has 0 radical (unpaired) electrons. The Hall–Kier alpha value is -2.51. The number of alkyl halides is 1. The van der Waals surface area contributed by atoms with E-state index in [1.807, 2.05) is 20.8 Å². The first kappa shape index (κ1) is 23.8. The van der Waals surface area contributed by atoms with Crippen LogP contribution in [-0.4, -0.2) is 35.1 Å². The molecule has 1 atom stereocenters. The van der Waals surface area contributed by atoms with E-state index < -0.39 is 10.5 Å².